The van der Waals surface area contributed by atoms with Crippen molar-refractivity contribution in [1.82, 2.24) is 4.98 Å². The van der Waals surface area contributed by atoms with E-state index in [1.807, 2.05) is 6.20 Å². The highest BCUT2D eigenvalue weighted by Gasteiger charge is 2.34. The molecular weight excluding hydrogens is 230 g/mol. The molecule has 0 amide bonds. The predicted molar refractivity (Wildman–Crippen MR) is 80.1 cm³/mol. The third-order valence-electron chi connectivity index (χ3n) is 3.87. The molecule has 0 bridgehead atoms. The lowest BCUT2D eigenvalue weighted by Crippen LogP contribution is -2.28. The summed E-state index contributed by atoms with van der Waals surface area (Å²) in [6, 6.07) is 15.0. The van der Waals surface area contributed by atoms with Crippen molar-refractivity contribution in [1.29, 1.82) is 0 Å². The average Bonchev–Trinajstić information content (AvgIpc) is 2.93. The third-order valence-corrected chi connectivity index (χ3v) is 3.87. The number of rotatable bonds is 2. The van der Waals surface area contributed by atoms with Gasteiger partial charge in [-0.1, -0.05) is 53.6 Å². The van der Waals surface area contributed by atoms with Gasteiger partial charge in [0.15, 0.2) is 0 Å². The molecule has 2 aromatic rings. The molecular formula is C18H19N. The van der Waals surface area contributed by atoms with Crippen LogP contribution >= 0.6 is 0 Å². The molecule has 1 heterocycles. The molecule has 0 aliphatic heterocycles. The van der Waals surface area contributed by atoms with Crippen molar-refractivity contribution in [2.75, 3.05) is 0 Å². The molecule has 0 spiro atoms. The van der Waals surface area contributed by atoms with Crippen molar-refractivity contribution in [3.63, 3.8) is 0 Å². The van der Waals surface area contributed by atoms with Gasteiger partial charge in [-0.25, -0.2) is 0 Å². The highest BCUT2D eigenvalue weighted by molar-refractivity contribution is 5.48. The molecule has 1 aromatic heterocycles. The van der Waals surface area contributed by atoms with E-state index in [0.29, 0.717) is 0 Å². The van der Waals surface area contributed by atoms with Crippen LogP contribution in [0, 0.1) is 0 Å². The molecule has 0 saturated heterocycles. The molecule has 0 saturated carbocycles. The smallest absolute Gasteiger partial charge is 0.0575 e. The highest BCUT2D eigenvalue weighted by Crippen LogP contribution is 2.42. The first-order chi connectivity index (χ1) is 9.21. The third kappa shape index (κ3) is 2.06. The van der Waals surface area contributed by atoms with E-state index in [0.717, 1.165) is 6.42 Å². The Kier molecular flexibility index (Phi) is 2.90. The fourth-order valence-electron chi connectivity index (χ4n) is 3.22. The molecule has 1 aliphatic rings. The van der Waals surface area contributed by atoms with Crippen LogP contribution in [-0.4, -0.2) is 4.98 Å². The zero-order valence-corrected chi connectivity index (χ0v) is 11.5. The summed E-state index contributed by atoms with van der Waals surface area (Å²) in [5.41, 5.74) is 5.34. The van der Waals surface area contributed by atoms with Crippen LogP contribution in [0.3, 0.4) is 0 Å². The van der Waals surface area contributed by atoms with Gasteiger partial charge in [0.1, 0.15) is 0 Å². The Bertz CT molecular complexity index is 617. The second-order valence-electron chi connectivity index (χ2n) is 5.48. The minimum Gasteiger partial charge on any atom is -0.364 e. The Morgan fingerprint density at radius 2 is 1.79 bits per heavy atom. The van der Waals surface area contributed by atoms with Crippen LogP contribution in [0.1, 0.15) is 31.5 Å². The lowest BCUT2D eigenvalue weighted by atomic mass is 9.69. The van der Waals surface area contributed by atoms with E-state index >= 15 is 0 Å². The molecule has 1 N–H and O–H groups in total. The van der Waals surface area contributed by atoms with Gasteiger partial charge in [0.05, 0.1) is 5.41 Å². The van der Waals surface area contributed by atoms with Crippen LogP contribution in [0.4, 0.5) is 0 Å². The Hall–Kier alpha value is -2.02. The van der Waals surface area contributed by atoms with Gasteiger partial charge in [0, 0.05) is 11.9 Å². The molecule has 1 aliphatic carbocycles. The molecule has 1 nitrogen and oxygen atoms in total. The summed E-state index contributed by atoms with van der Waals surface area (Å²) in [4.78, 5) is 3.42. The normalized spacial score (nSPS) is 22.8. The fourth-order valence-corrected chi connectivity index (χ4v) is 3.22. The van der Waals surface area contributed by atoms with Gasteiger partial charge in [-0.15, -0.1) is 0 Å². The van der Waals surface area contributed by atoms with Crippen molar-refractivity contribution < 1.29 is 0 Å². The average molecular weight is 249 g/mol. The number of hydrogen-bond donors (Lipinski definition) is 1. The van der Waals surface area contributed by atoms with Crippen molar-refractivity contribution in [2.24, 2.45) is 0 Å². The van der Waals surface area contributed by atoms with Crippen LogP contribution in [0.25, 0.3) is 0 Å². The Morgan fingerprint density at radius 3 is 2.42 bits per heavy atom. The summed E-state index contributed by atoms with van der Waals surface area (Å²) in [6.07, 6.45) is 7.72. The number of aromatic nitrogens is 1. The largest absolute Gasteiger partial charge is 0.364 e. The molecule has 0 radical (unpaired) electrons. The first-order valence-electron chi connectivity index (χ1n) is 6.77. The summed E-state index contributed by atoms with van der Waals surface area (Å²) >= 11 is 0. The van der Waals surface area contributed by atoms with Crippen molar-refractivity contribution in [3.8, 4) is 0 Å². The van der Waals surface area contributed by atoms with E-state index in [4.69, 9.17) is 0 Å². The summed E-state index contributed by atoms with van der Waals surface area (Å²) < 4.78 is 0. The number of nitrogens with one attached hydrogen (secondary N) is 1. The Labute approximate surface area is 114 Å². The summed E-state index contributed by atoms with van der Waals surface area (Å²) in [7, 11) is 0. The van der Waals surface area contributed by atoms with E-state index in [2.05, 4.69) is 73.4 Å². The number of aromatic amines is 1. The zero-order valence-electron chi connectivity index (χ0n) is 11.5. The van der Waals surface area contributed by atoms with Gasteiger partial charge in [0.2, 0.25) is 0 Å². The van der Waals surface area contributed by atoms with Gasteiger partial charge < -0.3 is 4.98 Å². The van der Waals surface area contributed by atoms with Gasteiger partial charge in [-0.05, 0) is 38.0 Å². The lowest BCUT2D eigenvalue weighted by molar-refractivity contribution is 0.604. The lowest BCUT2D eigenvalue weighted by Gasteiger charge is -2.34. The maximum atomic E-state index is 3.42. The van der Waals surface area contributed by atoms with Crippen LogP contribution in [0.2, 0.25) is 0 Å². The van der Waals surface area contributed by atoms with Crippen LogP contribution < -0.4 is 0 Å². The zero-order chi connectivity index (χ0) is 13.3. The van der Waals surface area contributed by atoms with Crippen molar-refractivity contribution >= 4 is 0 Å². The molecule has 19 heavy (non-hydrogen) atoms. The summed E-state index contributed by atoms with van der Waals surface area (Å²) in [5, 5.41) is 0. The maximum Gasteiger partial charge on any atom is 0.0575 e. The van der Waals surface area contributed by atoms with E-state index in [-0.39, 0.29) is 5.41 Å². The van der Waals surface area contributed by atoms with Crippen LogP contribution in [-0.2, 0) is 5.41 Å². The summed E-state index contributed by atoms with van der Waals surface area (Å²) in [5.74, 6) is 0. The quantitative estimate of drug-likeness (QED) is 0.800. The standard InChI is InChI=1S/C18H19N/c1-14-11-15(2)13-18(12-14,17-9-6-10-19-17)16-7-4-3-5-8-16/h3-12,19H,13H2,1-2H3. The number of allylic oxidation sites excluding steroid dienone is 4. The van der Waals surface area contributed by atoms with Crippen molar-refractivity contribution in [2.45, 2.75) is 25.7 Å². The monoisotopic (exact) mass is 249 g/mol. The van der Waals surface area contributed by atoms with Gasteiger partial charge in [0.25, 0.3) is 0 Å². The Balaban J connectivity index is 2.21. The second kappa shape index (κ2) is 4.58. The second-order valence-corrected chi connectivity index (χ2v) is 5.48. The highest BCUT2D eigenvalue weighted by atomic mass is 14.7. The number of hydrogen-bond acceptors (Lipinski definition) is 0. The minimum atomic E-state index is -0.0479. The van der Waals surface area contributed by atoms with Gasteiger partial charge >= 0.3 is 0 Å². The maximum absolute atomic E-state index is 3.42. The molecule has 0 fully saturated rings. The van der Waals surface area contributed by atoms with Gasteiger partial charge in [-0.3, -0.25) is 0 Å². The van der Waals surface area contributed by atoms with Crippen molar-refractivity contribution in [3.05, 3.63) is 83.2 Å². The molecule has 96 valence electrons. The van der Waals surface area contributed by atoms with E-state index in [9.17, 15) is 0 Å². The molecule has 1 heteroatoms. The minimum absolute atomic E-state index is 0.0479. The van der Waals surface area contributed by atoms with Gasteiger partial charge in [-0.2, -0.15) is 0 Å². The predicted octanol–water partition coefficient (Wildman–Crippen LogP) is 4.60. The SMILES string of the molecule is CC1=CC(c2ccccc2)(c2ccc[nH]2)CC(C)=C1. The molecule has 1 unspecified atom stereocenters. The topological polar surface area (TPSA) is 15.8 Å². The molecule has 3 rings (SSSR count). The molecule has 1 atom stereocenters. The first-order valence-corrected chi connectivity index (χ1v) is 6.77. The fraction of sp³-hybridized carbons (Fsp3) is 0.222. The number of benzene rings is 1. The van der Waals surface area contributed by atoms with Crippen LogP contribution in [0.15, 0.2) is 72.0 Å². The van der Waals surface area contributed by atoms with Crippen LogP contribution in [0.5, 0.6) is 0 Å². The van der Waals surface area contributed by atoms with E-state index < -0.39 is 0 Å². The summed E-state index contributed by atoms with van der Waals surface area (Å²) in [6.45, 7) is 4.40. The van der Waals surface area contributed by atoms with E-state index in [1.54, 1.807) is 0 Å². The molecule has 1 aromatic carbocycles. The number of H-pyrrole nitrogens is 1. The Morgan fingerprint density at radius 1 is 1.00 bits per heavy atom. The van der Waals surface area contributed by atoms with E-state index in [1.165, 1.54) is 22.4 Å². The first kappa shape index (κ1) is 12.0.